The van der Waals surface area contributed by atoms with Crippen LogP contribution in [0.1, 0.15) is 36.2 Å². The van der Waals surface area contributed by atoms with Crippen LogP contribution in [0.25, 0.3) is 6.08 Å². The van der Waals surface area contributed by atoms with Gasteiger partial charge < -0.3 is 20.5 Å². The van der Waals surface area contributed by atoms with Crippen LogP contribution in [0.15, 0.2) is 60.3 Å². The lowest BCUT2D eigenvalue weighted by Crippen LogP contribution is -2.35. The van der Waals surface area contributed by atoms with E-state index in [9.17, 15) is 14.4 Å². The molecule has 0 aromatic heterocycles. The number of hydrogen-bond donors (Lipinski definition) is 3. The molecule has 7 heteroatoms. The monoisotopic (exact) mass is 396 g/mol. The van der Waals surface area contributed by atoms with Gasteiger partial charge in [-0.05, 0) is 49.8 Å². The van der Waals surface area contributed by atoms with Crippen LogP contribution in [0.5, 0.6) is 5.75 Å². The van der Waals surface area contributed by atoms with E-state index in [-0.39, 0.29) is 24.8 Å². The predicted octanol–water partition coefficient (Wildman–Crippen LogP) is 2.84. The van der Waals surface area contributed by atoms with Crippen molar-refractivity contribution in [1.29, 1.82) is 0 Å². The van der Waals surface area contributed by atoms with E-state index in [1.54, 1.807) is 54.6 Å². The largest absolute Gasteiger partial charge is 0.491 e. The van der Waals surface area contributed by atoms with Crippen molar-refractivity contribution in [3.05, 3.63) is 71.4 Å². The summed E-state index contributed by atoms with van der Waals surface area (Å²) in [4.78, 5) is 35.6. The molecule has 2 amide bonds. The Labute approximate surface area is 169 Å². The van der Waals surface area contributed by atoms with Crippen molar-refractivity contribution in [3.63, 3.8) is 0 Å². The quantitative estimate of drug-likeness (QED) is 0.566. The Hall–Kier alpha value is -3.61. The average Bonchev–Trinajstić information content (AvgIpc) is 2.68. The molecule has 7 nitrogen and oxygen atoms in total. The maximum Gasteiger partial charge on any atom is 0.305 e. The summed E-state index contributed by atoms with van der Waals surface area (Å²) >= 11 is 0. The smallest absolute Gasteiger partial charge is 0.305 e. The first-order chi connectivity index (χ1) is 13.8. The van der Waals surface area contributed by atoms with E-state index >= 15 is 0 Å². The summed E-state index contributed by atoms with van der Waals surface area (Å²) < 4.78 is 5.59. The highest BCUT2D eigenvalue weighted by Crippen LogP contribution is 2.16. The fourth-order valence-corrected chi connectivity index (χ4v) is 2.40. The second-order valence-corrected chi connectivity index (χ2v) is 6.51. The second-order valence-electron chi connectivity index (χ2n) is 6.51. The Balaban J connectivity index is 2.20. The molecule has 0 spiro atoms. The van der Waals surface area contributed by atoms with Crippen LogP contribution in [0.3, 0.4) is 0 Å². The Morgan fingerprint density at radius 3 is 2.28 bits per heavy atom. The molecule has 2 aromatic carbocycles. The van der Waals surface area contributed by atoms with E-state index in [1.807, 2.05) is 13.8 Å². The fourth-order valence-electron chi connectivity index (χ4n) is 2.40. The molecule has 2 aromatic rings. The zero-order valence-electron chi connectivity index (χ0n) is 16.3. The lowest BCUT2D eigenvalue weighted by Gasteiger charge is -2.12. The van der Waals surface area contributed by atoms with E-state index in [4.69, 9.17) is 9.84 Å². The van der Waals surface area contributed by atoms with Gasteiger partial charge in [0.2, 0.25) is 0 Å². The summed E-state index contributed by atoms with van der Waals surface area (Å²) in [7, 11) is 0. The van der Waals surface area contributed by atoms with Crippen molar-refractivity contribution in [2.75, 3.05) is 6.54 Å². The van der Waals surface area contributed by atoms with E-state index in [2.05, 4.69) is 10.6 Å². The number of hydrogen-bond acceptors (Lipinski definition) is 4. The summed E-state index contributed by atoms with van der Waals surface area (Å²) in [6.45, 7) is 3.80. The number of carbonyl (C=O) groups is 3. The lowest BCUT2D eigenvalue weighted by molar-refractivity contribution is -0.136. The van der Waals surface area contributed by atoms with Gasteiger partial charge in [0.25, 0.3) is 11.8 Å². The summed E-state index contributed by atoms with van der Waals surface area (Å²) in [5.41, 5.74) is 1.09. The van der Waals surface area contributed by atoms with Gasteiger partial charge in [0, 0.05) is 12.1 Å². The van der Waals surface area contributed by atoms with Crippen LogP contribution < -0.4 is 15.4 Å². The molecule has 0 bridgehead atoms. The van der Waals surface area contributed by atoms with Gasteiger partial charge >= 0.3 is 5.97 Å². The zero-order valence-corrected chi connectivity index (χ0v) is 16.3. The number of nitrogens with one attached hydrogen (secondary N) is 2. The normalized spacial score (nSPS) is 11.1. The molecular formula is C22H24N2O5. The molecule has 0 aliphatic rings. The topological polar surface area (TPSA) is 105 Å². The maximum absolute atomic E-state index is 12.5. The van der Waals surface area contributed by atoms with Crippen LogP contribution in [-0.4, -0.2) is 35.5 Å². The maximum atomic E-state index is 12.5. The molecule has 0 saturated carbocycles. The highest BCUT2D eigenvalue weighted by molar-refractivity contribution is 6.05. The number of ether oxygens (including phenoxy) is 1. The summed E-state index contributed by atoms with van der Waals surface area (Å²) in [6, 6.07) is 15.5. The molecule has 2 rings (SSSR count). The van der Waals surface area contributed by atoms with Crippen LogP contribution in [-0.2, 0) is 9.59 Å². The lowest BCUT2D eigenvalue weighted by atomic mass is 10.1. The number of amides is 2. The SMILES string of the molecule is CC(C)Oc1ccc(C=C(NC(=O)c2ccccc2)C(=O)NCCC(=O)O)cc1. The van der Waals surface area contributed by atoms with Crippen LogP contribution in [0.4, 0.5) is 0 Å². The molecule has 0 atom stereocenters. The second kappa shape index (κ2) is 10.7. The molecule has 0 unspecified atom stereocenters. The Bertz CT molecular complexity index is 874. The van der Waals surface area contributed by atoms with Crippen LogP contribution in [0.2, 0.25) is 0 Å². The summed E-state index contributed by atoms with van der Waals surface area (Å²) in [6.07, 6.45) is 1.35. The van der Waals surface area contributed by atoms with E-state index < -0.39 is 17.8 Å². The molecular weight excluding hydrogens is 372 g/mol. The van der Waals surface area contributed by atoms with Crippen LogP contribution >= 0.6 is 0 Å². The number of carbonyl (C=O) groups excluding carboxylic acids is 2. The van der Waals surface area contributed by atoms with Gasteiger partial charge in [0.15, 0.2) is 0 Å². The van der Waals surface area contributed by atoms with Gasteiger partial charge in [0.1, 0.15) is 11.4 Å². The van der Waals surface area contributed by atoms with Crippen molar-refractivity contribution in [3.8, 4) is 5.75 Å². The number of carboxylic acid groups (broad SMARTS) is 1. The highest BCUT2D eigenvalue weighted by atomic mass is 16.5. The minimum atomic E-state index is -1.02. The first kappa shape index (κ1) is 21.7. The number of aliphatic carboxylic acids is 1. The fraction of sp³-hybridized carbons (Fsp3) is 0.227. The minimum absolute atomic E-state index is 0.0155. The standard InChI is InChI=1S/C22H24N2O5/c1-15(2)29-18-10-8-16(9-11-18)14-19(22(28)23-13-12-20(25)26)24-21(27)17-6-4-3-5-7-17/h3-11,14-15H,12-13H2,1-2H3,(H,23,28)(H,24,27)(H,25,26). The molecule has 3 N–H and O–H groups in total. The van der Waals surface area contributed by atoms with E-state index in [1.165, 1.54) is 6.08 Å². The minimum Gasteiger partial charge on any atom is -0.491 e. The Morgan fingerprint density at radius 1 is 1.03 bits per heavy atom. The third-order valence-electron chi connectivity index (χ3n) is 3.72. The van der Waals surface area contributed by atoms with Gasteiger partial charge in [0.05, 0.1) is 12.5 Å². The Kier molecular flexibility index (Phi) is 7.97. The van der Waals surface area contributed by atoms with Crippen molar-refractivity contribution < 1.29 is 24.2 Å². The van der Waals surface area contributed by atoms with Gasteiger partial charge in [-0.25, -0.2) is 0 Å². The first-order valence-electron chi connectivity index (χ1n) is 9.20. The first-order valence-corrected chi connectivity index (χ1v) is 9.20. The highest BCUT2D eigenvalue weighted by Gasteiger charge is 2.15. The molecule has 0 radical (unpaired) electrons. The number of benzene rings is 2. The molecule has 29 heavy (non-hydrogen) atoms. The molecule has 152 valence electrons. The number of rotatable bonds is 9. The van der Waals surface area contributed by atoms with Crippen molar-refractivity contribution in [2.45, 2.75) is 26.4 Å². The predicted molar refractivity (Wildman–Crippen MR) is 109 cm³/mol. The van der Waals surface area contributed by atoms with Crippen molar-refractivity contribution >= 4 is 23.9 Å². The van der Waals surface area contributed by atoms with Gasteiger partial charge in [-0.2, -0.15) is 0 Å². The number of carboxylic acids is 1. The van der Waals surface area contributed by atoms with Gasteiger partial charge in [-0.15, -0.1) is 0 Å². The third-order valence-corrected chi connectivity index (χ3v) is 3.72. The van der Waals surface area contributed by atoms with Gasteiger partial charge in [-0.1, -0.05) is 30.3 Å². The summed E-state index contributed by atoms with van der Waals surface area (Å²) in [5.74, 6) is -1.34. The van der Waals surface area contributed by atoms with Crippen molar-refractivity contribution in [2.24, 2.45) is 0 Å². The molecule has 0 aliphatic heterocycles. The molecule has 0 heterocycles. The summed E-state index contributed by atoms with van der Waals surface area (Å²) in [5, 5.41) is 13.8. The zero-order chi connectivity index (χ0) is 21.2. The Morgan fingerprint density at radius 2 is 1.69 bits per heavy atom. The molecule has 0 saturated heterocycles. The van der Waals surface area contributed by atoms with Crippen molar-refractivity contribution in [1.82, 2.24) is 10.6 Å². The third kappa shape index (κ3) is 7.50. The van der Waals surface area contributed by atoms with E-state index in [0.29, 0.717) is 16.9 Å². The van der Waals surface area contributed by atoms with Crippen LogP contribution in [0, 0.1) is 0 Å². The van der Waals surface area contributed by atoms with E-state index in [0.717, 1.165) is 0 Å². The molecule has 0 fully saturated rings. The van der Waals surface area contributed by atoms with Gasteiger partial charge in [-0.3, -0.25) is 14.4 Å². The molecule has 0 aliphatic carbocycles. The average molecular weight is 396 g/mol.